The van der Waals surface area contributed by atoms with E-state index in [9.17, 15) is 0 Å². The van der Waals surface area contributed by atoms with Crippen LogP contribution < -0.4 is 10.6 Å². The van der Waals surface area contributed by atoms with E-state index in [0.29, 0.717) is 23.9 Å². The van der Waals surface area contributed by atoms with Gasteiger partial charge in [-0.2, -0.15) is 5.10 Å². The molecule has 0 fully saturated rings. The topological polar surface area (TPSA) is 72.9 Å². The van der Waals surface area contributed by atoms with Gasteiger partial charge in [0.1, 0.15) is 12.0 Å². The summed E-state index contributed by atoms with van der Waals surface area (Å²) in [5.41, 5.74) is 7.64. The van der Waals surface area contributed by atoms with Crippen molar-refractivity contribution in [3.05, 3.63) is 36.9 Å². The van der Waals surface area contributed by atoms with Crippen LogP contribution in [0.4, 0.5) is 11.5 Å². The van der Waals surface area contributed by atoms with Crippen LogP contribution in [0.2, 0.25) is 0 Å². The second-order valence-corrected chi connectivity index (χ2v) is 4.20. The van der Waals surface area contributed by atoms with Crippen LogP contribution in [-0.4, -0.2) is 33.3 Å². The van der Waals surface area contributed by atoms with Gasteiger partial charge in [0.05, 0.1) is 0 Å². The molecule has 0 aromatic carbocycles. The third-order valence-corrected chi connectivity index (χ3v) is 2.43. The van der Waals surface area contributed by atoms with Gasteiger partial charge in [-0.3, -0.25) is 0 Å². The summed E-state index contributed by atoms with van der Waals surface area (Å²) in [6.45, 7) is 6.53. The molecule has 0 saturated carbocycles. The molecule has 0 saturated heterocycles. The lowest BCUT2D eigenvalue weighted by molar-refractivity contribution is 0.836. The summed E-state index contributed by atoms with van der Waals surface area (Å²) < 4.78 is 1.62. The van der Waals surface area contributed by atoms with E-state index in [1.54, 1.807) is 17.1 Å². The lowest BCUT2D eigenvalue weighted by Gasteiger charge is -2.20. The third kappa shape index (κ3) is 2.32. The Hall–Kier alpha value is -2.37. The Balaban J connectivity index is 2.39. The van der Waals surface area contributed by atoms with E-state index in [2.05, 4.69) is 21.6 Å². The number of likely N-dealkylation sites (N-methyl/N-ethyl adjacent to an activating group) is 1. The third-order valence-electron chi connectivity index (χ3n) is 2.43. The smallest absolute Gasteiger partial charge is 0.181 e. The van der Waals surface area contributed by atoms with Crippen LogP contribution in [-0.2, 0) is 0 Å². The highest BCUT2D eigenvalue weighted by Gasteiger charge is 2.13. The quantitative estimate of drug-likeness (QED) is 0.820. The second-order valence-electron chi connectivity index (χ2n) is 4.20. The number of nitrogens with two attached hydrogens (primary N) is 1. The fourth-order valence-corrected chi connectivity index (χ4v) is 1.74. The van der Waals surface area contributed by atoms with E-state index in [-0.39, 0.29) is 0 Å². The predicted molar refractivity (Wildman–Crippen MR) is 71.7 cm³/mol. The molecule has 2 aromatic rings. The fraction of sp³-hybridized carbons (Fsp3) is 0.250. The minimum absolute atomic E-state index is 0.505. The number of nitrogens with zero attached hydrogens (tertiary/aromatic N) is 5. The molecule has 2 heterocycles. The Morgan fingerprint density at radius 1 is 1.50 bits per heavy atom. The first-order valence-corrected chi connectivity index (χ1v) is 5.55. The fourth-order valence-electron chi connectivity index (χ4n) is 1.74. The minimum atomic E-state index is 0.505. The zero-order chi connectivity index (χ0) is 13.1. The van der Waals surface area contributed by atoms with E-state index in [1.807, 2.05) is 24.9 Å². The van der Waals surface area contributed by atoms with Crippen molar-refractivity contribution in [3.8, 4) is 5.82 Å². The van der Waals surface area contributed by atoms with Crippen molar-refractivity contribution in [2.45, 2.75) is 6.92 Å². The molecule has 2 N–H and O–H groups in total. The van der Waals surface area contributed by atoms with Gasteiger partial charge in [0.15, 0.2) is 11.6 Å². The predicted octanol–water partition coefficient (Wildman–Crippen LogP) is 1.26. The number of nitrogen functional groups attached to an aromatic ring is 1. The molecule has 0 aliphatic heterocycles. The Morgan fingerprint density at radius 2 is 2.28 bits per heavy atom. The van der Waals surface area contributed by atoms with Crippen LogP contribution in [0.5, 0.6) is 0 Å². The van der Waals surface area contributed by atoms with Crippen LogP contribution in [0.15, 0.2) is 36.9 Å². The molecule has 0 amide bonds. The average Bonchev–Trinajstić information content (AvgIpc) is 2.81. The maximum atomic E-state index is 6.09. The normalized spacial score (nSPS) is 10.3. The molecule has 0 aliphatic carbocycles. The van der Waals surface area contributed by atoms with Gasteiger partial charge in [0.2, 0.25) is 0 Å². The van der Waals surface area contributed by atoms with Gasteiger partial charge in [-0.25, -0.2) is 14.6 Å². The number of anilines is 2. The summed E-state index contributed by atoms with van der Waals surface area (Å²) in [5.74, 6) is 1.26. The monoisotopic (exact) mass is 244 g/mol. The highest BCUT2D eigenvalue weighted by Crippen LogP contribution is 2.23. The summed E-state index contributed by atoms with van der Waals surface area (Å²) in [6.07, 6.45) is 4.96. The molecule has 0 unspecified atom stereocenters. The standard InChI is InChI=1S/C12H16N6/c1-9(2)7-17(3)11-10(13)12(15-8-14-11)18-6-4-5-16-18/h4-6,8H,1,7,13H2,2-3H3. The van der Waals surface area contributed by atoms with Gasteiger partial charge >= 0.3 is 0 Å². The molecule has 0 bridgehead atoms. The summed E-state index contributed by atoms with van der Waals surface area (Å²) in [4.78, 5) is 10.3. The van der Waals surface area contributed by atoms with Crippen molar-refractivity contribution in [1.29, 1.82) is 0 Å². The van der Waals surface area contributed by atoms with Gasteiger partial charge in [-0.1, -0.05) is 12.2 Å². The van der Waals surface area contributed by atoms with Gasteiger partial charge in [-0.15, -0.1) is 0 Å². The highest BCUT2D eigenvalue weighted by atomic mass is 15.3. The minimum Gasteiger partial charge on any atom is -0.393 e. The van der Waals surface area contributed by atoms with Gasteiger partial charge in [0, 0.05) is 26.0 Å². The van der Waals surface area contributed by atoms with Crippen LogP contribution in [0.3, 0.4) is 0 Å². The van der Waals surface area contributed by atoms with Crippen molar-refractivity contribution in [1.82, 2.24) is 19.7 Å². The summed E-state index contributed by atoms with van der Waals surface area (Å²) >= 11 is 0. The molecule has 0 atom stereocenters. The zero-order valence-corrected chi connectivity index (χ0v) is 10.5. The first-order valence-electron chi connectivity index (χ1n) is 5.55. The molecule has 0 spiro atoms. The van der Waals surface area contributed by atoms with Crippen molar-refractivity contribution >= 4 is 11.5 Å². The Bertz CT molecular complexity index is 546. The molecule has 2 aromatic heterocycles. The van der Waals surface area contributed by atoms with Crippen LogP contribution in [0.1, 0.15) is 6.92 Å². The van der Waals surface area contributed by atoms with Crippen molar-refractivity contribution in [3.63, 3.8) is 0 Å². The van der Waals surface area contributed by atoms with E-state index in [1.165, 1.54) is 6.33 Å². The number of hydrogen-bond acceptors (Lipinski definition) is 5. The molecule has 18 heavy (non-hydrogen) atoms. The van der Waals surface area contributed by atoms with Gasteiger partial charge in [0.25, 0.3) is 0 Å². The Kier molecular flexibility index (Phi) is 3.27. The average molecular weight is 244 g/mol. The van der Waals surface area contributed by atoms with Gasteiger partial charge < -0.3 is 10.6 Å². The second kappa shape index (κ2) is 4.87. The molecular weight excluding hydrogens is 228 g/mol. The van der Waals surface area contributed by atoms with Crippen molar-refractivity contribution < 1.29 is 0 Å². The molecule has 94 valence electrons. The molecule has 0 radical (unpaired) electrons. The van der Waals surface area contributed by atoms with Crippen molar-refractivity contribution in [2.24, 2.45) is 0 Å². The molecule has 6 heteroatoms. The Morgan fingerprint density at radius 3 is 2.89 bits per heavy atom. The number of rotatable bonds is 4. The zero-order valence-electron chi connectivity index (χ0n) is 10.5. The van der Waals surface area contributed by atoms with E-state index in [4.69, 9.17) is 5.73 Å². The highest BCUT2D eigenvalue weighted by molar-refractivity contribution is 5.70. The van der Waals surface area contributed by atoms with Crippen LogP contribution >= 0.6 is 0 Å². The summed E-state index contributed by atoms with van der Waals surface area (Å²) in [7, 11) is 1.92. The first-order chi connectivity index (χ1) is 8.59. The lowest BCUT2D eigenvalue weighted by atomic mass is 10.3. The van der Waals surface area contributed by atoms with Crippen molar-refractivity contribution in [2.75, 3.05) is 24.2 Å². The molecular formula is C12H16N6. The maximum Gasteiger partial charge on any atom is 0.181 e. The van der Waals surface area contributed by atoms with Gasteiger partial charge in [-0.05, 0) is 13.0 Å². The largest absolute Gasteiger partial charge is 0.393 e. The first kappa shape index (κ1) is 12.1. The molecule has 0 aliphatic rings. The number of hydrogen-bond donors (Lipinski definition) is 1. The molecule has 2 rings (SSSR count). The number of aromatic nitrogens is 4. The maximum absolute atomic E-state index is 6.09. The SMILES string of the molecule is C=C(C)CN(C)c1ncnc(-n2cccn2)c1N. The van der Waals surface area contributed by atoms with Crippen LogP contribution in [0.25, 0.3) is 5.82 Å². The van der Waals surface area contributed by atoms with E-state index < -0.39 is 0 Å². The summed E-state index contributed by atoms with van der Waals surface area (Å²) in [6, 6.07) is 1.82. The Labute approximate surface area is 106 Å². The lowest BCUT2D eigenvalue weighted by Crippen LogP contribution is -2.22. The van der Waals surface area contributed by atoms with E-state index in [0.717, 1.165) is 5.57 Å². The van der Waals surface area contributed by atoms with Crippen LogP contribution in [0, 0.1) is 0 Å². The summed E-state index contributed by atoms with van der Waals surface area (Å²) in [5, 5.41) is 4.12. The van der Waals surface area contributed by atoms with E-state index >= 15 is 0 Å². The molecule has 6 nitrogen and oxygen atoms in total.